The van der Waals surface area contributed by atoms with Crippen molar-refractivity contribution in [2.75, 3.05) is 0 Å². The van der Waals surface area contributed by atoms with E-state index in [-0.39, 0.29) is 17.9 Å². The van der Waals surface area contributed by atoms with Crippen molar-refractivity contribution in [3.05, 3.63) is 62.6 Å². The third kappa shape index (κ3) is 3.25. The van der Waals surface area contributed by atoms with E-state index in [1.807, 2.05) is 0 Å². The molecule has 1 aromatic carbocycles. The number of aromatic nitrogens is 1. The number of pyridine rings is 1. The molecule has 0 saturated heterocycles. The highest BCUT2D eigenvalue weighted by Crippen LogP contribution is 2.25. The van der Waals surface area contributed by atoms with Crippen LogP contribution in [0.3, 0.4) is 0 Å². The Kier molecular flexibility index (Phi) is 4.06. The number of benzene rings is 1. The normalized spacial score (nSPS) is 10.2. The molecule has 0 aliphatic rings. The molecule has 5 nitrogen and oxygen atoms in total. The molecule has 0 atom stereocenters. The summed E-state index contributed by atoms with van der Waals surface area (Å²) < 4.78 is 19.0. The maximum absolute atomic E-state index is 13.1. The first kappa shape index (κ1) is 13.4. The zero-order valence-corrected chi connectivity index (χ0v) is 11.1. The van der Waals surface area contributed by atoms with Gasteiger partial charge >= 0.3 is 0 Å². The van der Waals surface area contributed by atoms with E-state index in [1.54, 1.807) is 18.3 Å². The Hall–Kier alpha value is -2.02. The summed E-state index contributed by atoms with van der Waals surface area (Å²) in [6, 6.07) is 6.57. The fourth-order valence-electron chi connectivity index (χ4n) is 1.48. The Morgan fingerprint density at radius 3 is 2.89 bits per heavy atom. The molecule has 0 unspecified atom stereocenters. The first-order valence-corrected chi connectivity index (χ1v) is 6.03. The summed E-state index contributed by atoms with van der Waals surface area (Å²) in [5.74, 6) is -0.115. The molecule has 0 N–H and O–H groups in total. The topological polar surface area (TPSA) is 65.3 Å². The lowest BCUT2D eigenvalue weighted by Gasteiger charge is -2.07. The summed E-state index contributed by atoms with van der Waals surface area (Å²) in [4.78, 5) is 14.2. The zero-order valence-electron chi connectivity index (χ0n) is 9.55. The molecule has 19 heavy (non-hydrogen) atoms. The van der Waals surface area contributed by atoms with Crippen molar-refractivity contribution in [2.24, 2.45) is 0 Å². The second-order valence-corrected chi connectivity index (χ2v) is 4.36. The number of nitro groups is 1. The molecule has 7 heteroatoms. The second-order valence-electron chi connectivity index (χ2n) is 3.61. The van der Waals surface area contributed by atoms with Gasteiger partial charge in [-0.2, -0.15) is 0 Å². The van der Waals surface area contributed by atoms with Gasteiger partial charge in [0.05, 0.1) is 10.5 Å². The summed E-state index contributed by atoms with van der Waals surface area (Å²) in [6.07, 6.45) is 1.57. The Morgan fingerprint density at radius 2 is 2.21 bits per heavy atom. The van der Waals surface area contributed by atoms with Gasteiger partial charge in [-0.15, -0.1) is 0 Å². The number of halogens is 2. The molecule has 0 radical (unpaired) electrons. The third-order valence-corrected chi connectivity index (χ3v) is 2.94. The monoisotopic (exact) mass is 326 g/mol. The second kappa shape index (κ2) is 5.75. The number of nitro benzene ring substituents is 1. The summed E-state index contributed by atoms with van der Waals surface area (Å²) in [5, 5.41) is 10.8. The van der Waals surface area contributed by atoms with Crippen LogP contribution in [0.1, 0.15) is 5.56 Å². The fourth-order valence-corrected chi connectivity index (χ4v) is 1.85. The molecule has 0 saturated carbocycles. The molecule has 2 rings (SSSR count). The average Bonchev–Trinajstić information content (AvgIpc) is 2.37. The van der Waals surface area contributed by atoms with Gasteiger partial charge in [-0.25, -0.2) is 9.37 Å². The van der Waals surface area contributed by atoms with Gasteiger partial charge in [0.15, 0.2) is 5.75 Å². The van der Waals surface area contributed by atoms with Gasteiger partial charge in [0.2, 0.25) is 0 Å². The predicted molar refractivity (Wildman–Crippen MR) is 69.3 cm³/mol. The number of hydrogen-bond donors (Lipinski definition) is 0. The molecule has 0 aliphatic carbocycles. The third-order valence-electron chi connectivity index (χ3n) is 2.35. The number of ether oxygens (including phenoxy) is 1. The first-order chi connectivity index (χ1) is 9.08. The molecule has 1 heterocycles. The van der Waals surface area contributed by atoms with Crippen LogP contribution < -0.4 is 4.74 Å². The highest BCUT2D eigenvalue weighted by Gasteiger charge is 2.15. The van der Waals surface area contributed by atoms with Gasteiger partial charge < -0.3 is 4.74 Å². The van der Waals surface area contributed by atoms with Crippen LogP contribution in [0.4, 0.5) is 10.1 Å². The molecular weight excluding hydrogens is 319 g/mol. The minimum Gasteiger partial charge on any atom is -0.486 e. The van der Waals surface area contributed by atoms with E-state index >= 15 is 0 Å². The van der Waals surface area contributed by atoms with Gasteiger partial charge in [-0.05, 0) is 40.2 Å². The smallest absolute Gasteiger partial charge is 0.276 e. The van der Waals surface area contributed by atoms with Gasteiger partial charge in [0.25, 0.3) is 5.69 Å². The van der Waals surface area contributed by atoms with Crippen molar-refractivity contribution in [3.63, 3.8) is 0 Å². The molecule has 2 aromatic rings. The average molecular weight is 327 g/mol. The van der Waals surface area contributed by atoms with Crippen LogP contribution in [0.15, 0.2) is 41.1 Å². The fraction of sp³-hybridized carbons (Fsp3) is 0.0833. The Bertz CT molecular complexity index is 622. The summed E-state index contributed by atoms with van der Waals surface area (Å²) in [7, 11) is 0. The lowest BCUT2D eigenvalue weighted by molar-refractivity contribution is -0.385. The highest BCUT2D eigenvalue weighted by atomic mass is 79.9. The Balaban J connectivity index is 2.22. The van der Waals surface area contributed by atoms with Gasteiger partial charge in [-0.3, -0.25) is 10.1 Å². The maximum Gasteiger partial charge on any atom is 0.276 e. The van der Waals surface area contributed by atoms with Crippen LogP contribution in [0.25, 0.3) is 0 Å². The standard InChI is InChI=1S/C12H8BrFN2O3/c13-12-11(2-1-5-15-12)19-7-8-6-9(14)3-4-10(8)16(17)18/h1-6H,7H2. The van der Waals surface area contributed by atoms with Crippen LogP contribution in [-0.2, 0) is 6.61 Å². The van der Waals surface area contributed by atoms with E-state index in [1.165, 1.54) is 0 Å². The first-order valence-electron chi connectivity index (χ1n) is 5.24. The summed E-state index contributed by atoms with van der Waals surface area (Å²) in [5.41, 5.74) is -0.0119. The largest absolute Gasteiger partial charge is 0.486 e. The van der Waals surface area contributed by atoms with Crippen molar-refractivity contribution in [3.8, 4) is 5.75 Å². The maximum atomic E-state index is 13.1. The molecule has 0 bridgehead atoms. The van der Waals surface area contributed by atoms with Crippen molar-refractivity contribution >= 4 is 21.6 Å². The van der Waals surface area contributed by atoms with E-state index in [4.69, 9.17) is 4.74 Å². The molecule has 0 amide bonds. The minimum atomic E-state index is -0.573. The lowest BCUT2D eigenvalue weighted by Crippen LogP contribution is -2.02. The number of rotatable bonds is 4. The van der Waals surface area contributed by atoms with Gasteiger partial charge in [0, 0.05) is 12.3 Å². The van der Waals surface area contributed by atoms with Crippen molar-refractivity contribution < 1.29 is 14.1 Å². The van der Waals surface area contributed by atoms with Gasteiger partial charge in [0.1, 0.15) is 17.0 Å². The van der Waals surface area contributed by atoms with Crippen LogP contribution >= 0.6 is 15.9 Å². The molecule has 0 fully saturated rings. The zero-order chi connectivity index (χ0) is 13.8. The van der Waals surface area contributed by atoms with E-state index in [0.29, 0.717) is 10.4 Å². The summed E-state index contributed by atoms with van der Waals surface area (Å²) in [6.45, 7) is -0.113. The number of hydrogen-bond acceptors (Lipinski definition) is 4. The van der Waals surface area contributed by atoms with E-state index in [9.17, 15) is 14.5 Å². The predicted octanol–water partition coefficient (Wildman–Crippen LogP) is 3.47. The van der Waals surface area contributed by atoms with Crippen molar-refractivity contribution in [2.45, 2.75) is 6.61 Å². The van der Waals surface area contributed by atoms with Crippen LogP contribution in [0.5, 0.6) is 5.75 Å². The van der Waals surface area contributed by atoms with Gasteiger partial charge in [-0.1, -0.05) is 0 Å². The molecule has 0 spiro atoms. The molecule has 0 aliphatic heterocycles. The molecule has 1 aromatic heterocycles. The Morgan fingerprint density at radius 1 is 1.42 bits per heavy atom. The van der Waals surface area contributed by atoms with E-state index in [0.717, 1.165) is 18.2 Å². The van der Waals surface area contributed by atoms with E-state index < -0.39 is 10.7 Å². The van der Waals surface area contributed by atoms with Crippen LogP contribution in [0.2, 0.25) is 0 Å². The van der Waals surface area contributed by atoms with Crippen molar-refractivity contribution in [1.82, 2.24) is 4.98 Å². The summed E-state index contributed by atoms with van der Waals surface area (Å²) >= 11 is 3.19. The number of nitrogens with zero attached hydrogens (tertiary/aromatic N) is 2. The SMILES string of the molecule is O=[N+]([O-])c1ccc(F)cc1COc1cccnc1Br. The highest BCUT2D eigenvalue weighted by molar-refractivity contribution is 9.10. The quantitative estimate of drug-likeness (QED) is 0.490. The lowest BCUT2D eigenvalue weighted by atomic mass is 10.2. The Labute approximate surface area is 116 Å². The van der Waals surface area contributed by atoms with Crippen molar-refractivity contribution in [1.29, 1.82) is 0 Å². The van der Waals surface area contributed by atoms with Crippen LogP contribution in [0, 0.1) is 15.9 Å². The van der Waals surface area contributed by atoms with E-state index in [2.05, 4.69) is 20.9 Å². The van der Waals surface area contributed by atoms with Crippen LogP contribution in [-0.4, -0.2) is 9.91 Å². The molecular formula is C12H8BrFN2O3. The minimum absolute atomic E-state index is 0.113. The molecule has 98 valence electrons.